The standard InChI is InChI=1S/C21H26F3N3O3.HI/c1-14-5-6-16(19(9-14)30-13-21(22,23)24)12-27-20(25-2)26-11-15-7-8-17(28-3)10-18(15)29-4;/h5-10H,11-13H2,1-4H3,(H2,25,26,27);1H. The first kappa shape index (κ1) is 26.7. The van der Waals surface area contributed by atoms with E-state index in [1.54, 1.807) is 46.4 Å². The zero-order valence-electron chi connectivity index (χ0n) is 17.8. The smallest absolute Gasteiger partial charge is 0.422 e. The molecule has 172 valence electrons. The van der Waals surface area contributed by atoms with E-state index in [9.17, 15) is 13.2 Å². The average molecular weight is 553 g/mol. The lowest BCUT2D eigenvalue weighted by Crippen LogP contribution is -2.36. The van der Waals surface area contributed by atoms with Crippen molar-refractivity contribution in [2.24, 2.45) is 4.99 Å². The molecule has 0 heterocycles. The van der Waals surface area contributed by atoms with Crippen LogP contribution in [-0.4, -0.2) is 40.0 Å². The van der Waals surface area contributed by atoms with Crippen LogP contribution in [0.2, 0.25) is 0 Å². The molecule has 0 unspecified atom stereocenters. The highest BCUT2D eigenvalue weighted by Crippen LogP contribution is 2.25. The Kier molecular flexibility index (Phi) is 10.7. The van der Waals surface area contributed by atoms with Crippen molar-refractivity contribution in [3.05, 3.63) is 53.1 Å². The number of benzene rings is 2. The summed E-state index contributed by atoms with van der Waals surface area (Å²) in [6.45, 7) is 1.12. The summed E-state index contributed by atoms with van der Waals surface area (Å²) in [6, 6.07) is 10.6. The molecular weight excluding hydrogens is 526 g/mol. The molecule has 0 aromatic heterocycles. The number of hydrogen-bond donors (Lipinski definition) is 2. The van der Waals surface area contributed by atoms with E-state index in [-0.39, 0.29) is 36.3 Å². The van der Waals surface area contributed by atoms with E-state index in [4.69, 9.17) is 14.2 Å². The molecule has 6 nitrogen and oxygen atoms in total. The van der Waals surface area contributed by atoms with Crippen molar-refractivity contribution in [2.45, 2.75) is 26.2 Å². The summed E-state index contributed by atoms with van der Waals surface area (Å²) in [5.74, 6) is 2.02. The number of aryl methyl sites for hydroxylation is 1. The minimum absolute atomic E-state index is 0. The van der Waals surface area contributed by atoms with Gasteiger partial charge in [-0.2, -0.15) is 13.2 Å². The molecule has 0 bridgehead atoms. The van der Waals surface area contributed by atoms with Crippen LogP contribution in [0.15, 0.2) is 41.4 Å². The summed E-state index contributed by atoms with van der Waals surface area (Å²) in [7, 11) is 4.76. The van der Waals surface area contributed by atoms with Gasteiger partial charge in [0.2, 0.25) is 0 Å². The first-order valence-electron chi connectivity index (χ1n) is 9.20. The predicted molar refractivity (Wildman–Crippen MR) is 125 cm³/mol. The lowest BCUT2D eigenvalue weighted by atomic mass is 10.1. The first-order valence-corrected chi connectivity index (χ1v) is 9.20. The van der Waals surface area contributed by atoms with Crippen LogP contribution in [0, 0.1) is 6.92 Å². The summed E-state index contributed by atoms with van der Waals surface area (Å²) < 4.78 is 53.1. The number of ether oxygens (including phenoxy) is 3. The molecule has 0 fully saturated rings. The van der Waals surface area contributed by atoms with Gasteiger partial charge in [0.15, 0.2) is 12.6 Å². The number of methoxy groups -OCH3 is 2. The van der Waals surface area contributed by atoms with Crippen molar-refractivity contribution in [3.8, 4) is 17.2 Å². The van der Waals surface area contributed by atoms with Gasteiger partial charge in [-0.1, -0.05) is 12.1 Å². The molecule has 0 saturated carbocycles. The maximum Gasteiger partial charge on any atom is 0.422 e. The summed E-state index contributed by atoms with van der Waals surface area (Å²) in [5.41, 5.74) is 2.30. The molecule has 0 aliphatic heterocycles. The molecule has 0 aliphatic carbocycles. The molecule has 2 N–H and O–H groups in total. The molecule has 2 rings (SSSR count). The minimum atomic E-state index is -4.40. The molecule has 2 aromatic carbocycles. The third-order valence-corrected chi connectivity index (χ3v) is 4.22. The number of guanidine groups is 1. The van der Waals surface area contributed by atoms with Gasteiger partial charge in [0.1, 0.15) is 17.2 Å². The summed E-state index contributed by atoms with van der Waals surface area (Å²) >= 11 is 0. The molecule has 10 heteroatoms. The Hall–Kier alpha value is -2.37. The zero-order valence-corrected chi connectivity index (χ0v) is 20.1. The van der Waals surface area contributed by atoms with Gasteiger partial charge >= 0.3 is 6.18 Å². The Morgan fingerprint density at radius 1 is 0.935 bits per heavy atom. The Labute approximate surface area is 197 Å². The second-order valence-electron chi connectivity index (χ2n) is 6.47. The predicted octanol–water partition coefficient (Wildman–Crippen LogP) is 4.44. The summed E-state index contributed by atoms with van der Waals surface area (Å²) in [6.07, 6.45) is -4.40. The molecule has 0 spiro atoms. The lowest BCUT2D eigenvalue weighted by molar-refractivity contribution is -0.153. The van der Waals surface area contributed by atoms with Crippen LogP contribution in [0.25, 0.3) is 0 Å². The highest BCUT2D eigenvalue weighted by molar-refractivity contribution is 14.0. The fraction of sp³-hybridized carbons (Fsp3) is 0.381. The Balaban J connectivity index is 0.00000480. The van der Waals surface area contributed by atoms with Crippen LogP contribution < -0.4 is 24.8 Å². The SMILES string of the molecule is CN=C(NCc1ccc(OC)cc1OC)NCc1ccc(C)cc1OCC(F)(F)F.I. The number of alkyl halides is 3. The van der Waals surface area contributed by atoms with Crippen molar-refractivity contribution in [1.29, 1.82) is 0 Å². The number of nitrogens with zero attached hydrogens (tertiary/aromatic N) is 1. The van der Waals surface area contributed by atoms with Crippen LogP contribution >= 0.6 is 24.0 Å². The van der Waals surface area contributed by atoms with E-state index in [0.29, 0.717) is 29.6 Å². The van der Waals surface area contributed by atoms with Gasteiger partial charge in [-0.25, -0.2) is 0 Å². The zero-order chi connectivity index (χ0) is 22.1. The quantitative estimate of drug-likeness (QED) is 0.288. The minimum Gasteiger partial charge on any atom is -0.497 e. The Morgan fingerprint density at radius 3 is 2.10 bits per heavy atom. The Morgan fingerprint density at radius 2 is 1.55 bits per heavy atom. The monoisotopic (exact) mass is 553 g/mol. The maximum absolute atomic E-state index is 12.5. The van der Waals surface area contributed by atoms with Gasteiger partial charge in [-0.3, -0.25) is 4.99 Å². The van der Waals surface area contributed by atoms with Gasteiger partial charge in [0, 0.05) is 37.3 Å². The van der Waals surface area contributed by atoms with Gasteiger partial charge in [-0.15, -0.1) is 24.0 Å². The molecule has 0 aliphatic rings. The van der Waals surface area contributed by atoms with Crippen molar-refractivity contribution in [2.75, 3.05) is 27.9 Å². The summed E-state index contributed by atoms with van der Waals surface area (Å²) in [5, 5.41) is 6.24. The number of halogens is 4. The highest BCUT2D eigenvalue weighted by Gasteiger charge is 2.28. The lowest BCUT2D eigenvalue weighted by Gasteiger charge is -2.17. The molecule has 2 aromatic rings. The van der Waals surface area contributed by atoms with Crippen molar-refractivity contribution < 1.29 is 27.4 Å². The number of aliphatic imine (C=N–C) groups is 1. The molecule has 0 amide bonds. The van der Waals surface area contributed by atoms with Crippen LogP contribution in [0.1, 0.15) is 16.7 Å². The van der Waals surface area contributed by atoms with E-state index in [1.807, 2.05) is 18.2 Å². The fourth-order valence-electron chi connectivity index (χ4n) is 2.68. The van der Waals surface area contributed by atoms with E-state index in [1.165, 1.54) is 0 Å². The van der Waals surface area contributed by atoms with Crippen LogP contribution in [-0.2, 0) is 13.1 Å². The third-order valence-electron chi connectivity index (χ3n) is 4.22. The normalized spacial score (nSPS) is 11.4. The third kappa shape index (κ3) is 8.72. The van der Waals surface area contributed by atoms with E-state index >= 15 is 0 Å². The second-order valence-corrected chi connectivity index (χ2v) is 6.47. The maximum atomic E-state index is 12.5. The van der Waals surface area contributed by atoms with Crippen molar-refractivity contribution in [1.82, 2.24) is 10.6 Å². The number of nitrogens with one attached hydrogen (secondary N) is 2. The number of rotatable bonds is 8. The largest absolute Gasteiger partial charge is 0.497 e. The van der Waals surface area contributed by atoms with Crippen molar-refractivity contribution in [3.63, 3.8) is 0 Å². The Bertz CT molecular complexity index is 877. The molecule has 0 radical (unpaired) electrons. The van der Waals surface area contributed by atoms with E-state index < -0.39 is 12.8 Å². The van der Waals surface area contributed by atoms with Crippen molar-refractivity contribution >= 4 is 29.9 Å². The van der Waals surface area contributed by atoms with Crippen LogP contribution in [0.3, 0.4) is 0 Å². The van der Waals surface area contributed by atoms with E-state index in [0.717, 1.165) is 11.1 Å². The molecular formula is C21H27F3IN3O3. The second kappa shape index (κ2) is 12.5. The molecule has 0 atom stereocenters. The first-order chi connectivity index (χ1) is 14.3. The average Bonchev–Trinajstić information content (AvgIpc) is 2.72. The van der Waals surface area contributed by atoms with Gasteiger partial charge in [-0.05, 0) is 30.7 Å². The highest BCUT2D eigenvalue weighted by atomic mass is 127. The molecule has 0 saturated heterocycles. The van der Waals surface area contributed by atoms with Gasteiger partial charge in [0.05, 0.1) is 14.2 Å². The van der Waals surface area contributed by atoms with Gasteiger partial charge < -0.3 is 24.8 Å². The van der Waals surface area contributed by atoms with E-state index in [2.05, 4.69) is 15.6 Å². The molecule has 31 heavy (non-hydrogen) atoms. The van der Waals surface area contributed by atoms with Crippen LogP contribution in [0.4, 0.5) is 13.2 Å². The van der Waals surface area contributed by atoms with Crippen LogP contribution in [0.5, 0.6) is 17.2 Å². The van der Waals surface area contributed by atoms with Gasteiger partial charge in [0.25, 0.3) is 0 Å². The fourth-order valence-corrected chi connectivity index (χ4v) is 2.68. The topological polar surface area (TPSA) is 64.1 Å². The summed E-state index contributed by atoms with van der Waals surface area (Å²) in [4.78, 5) is 4.15. The number of hydrogen-bond acceptors (Lipinski definition) is 4.